The quantitative estimate of drug-likeness (QED) is 0.673. The van der Waals surface area contributed by atoms with E-state index in [2.05, 4.69) is 20.8 Å². The van der Waals surface area contributed by atoms with E-state index in [4.69, 9.17) is 0 Å². The summed E-state index contributed by atoms with van der Waals surface area (Å²) in [5, 5.41) is 1.20. The second-order valence-electron chi connectivity index (χ2n) is 4.34. The molecular formula is C10H18BrN. The van der Waals surface area contributed by atoms with Crippen molar-refractivity contribution in [3.63, 3.8) is 0 Å². The van der Waals surface area contributed by atoms with Crippen LogP contribution in [0.3, 0.4) is 0 Å². The number of hydrogen-bond acceptors (Lipinski definition) is 1. The zero-order valence-corrected chi connectivity index (χ0v) is 9.22. The van der Waals surface area contributed by atoms with Crippen LogP contribution in [0.1, 0.15) is 25.7 Å². The van der Waals surface area contributed by atoms with E-state index in [0.717, 1.165) is 11.8 Å². The van der Waals surface area contributed by atoms with Gasteiger partial charge < -0.3 is 4.90 Å². The molecule has 2 fully saturated rings. The highest BCUT2D eigenvalue weighted by atomic mass is 79.9. The summed E-state index contributed by atoms with van der Waals surface area (Å²) in [6.45, 7) is 4.06. The van der Waals surface area contributed by atoms with Gasteiger partial charge >= 0.3 is 0 Å². The number of hydrogen-bond donors (Lipinski definition) is 0. The molecule has 0 N–H and O–H groups in total. The Labute approximate surface area is 83.6 Å². The SMILES string of the molecule is BrCC1CCN(CCC2CC2)C1. The Morgan fingerprint density at radius 1 is 1.17 bits per heavy atom. The summed E-state index contributed by atoms with van der Waals surface area (Å²) >= 11 is 3.57. The van der Waals surface area contributed by atoms with Gasteiger partial charge in [0.25, 0.3) is 0 Å². The van der Waals surface area contributed by atoms with Crippen LogP contribution in [0.15, 0.2) is 0 Å². The Hall–Kier alpha value is 0.440. The van der Waals surface area contributed by atoms with E-state index in [0.29, 0.717) is 0 Å². The van der Waals surface area contributed by atoms with Crippen LogP contribution in [0.4, 0.5) is 0 Å². The third kappa shape index (κ3) is 2.46. The molecule has 70 valence electrons. The van der Waals surface area contributed by atoms with E-state index in [1.807, 2.05) is 0 Å². The zero-order chi connectivity index (χ0) is 8.39. The molecule has 0 radical (unpaired) electrons. The van der Waals surface area contributed by atoms with E-state index in [1.165, 1.54) is 50.6 Å². The number of halogens is 1. The highest BCUT2D eigenvalue weighted by molar-refractivity contribution is 9.09. The van der Waals surface area contributed by atoms with Crippen molar-refractivity contribution < 1.29 is 0 Å². The van der Waals surface area contributed by atoms with Crippen LogP contribution in [0.2, 0.25) is 0 Å². The van der Waals surface area contributed by atoms with Gasteiger partial charge in [-0.15, -0.1) is 0 Å². The van der Waals surface area contributed by atoms with Crippen LogP contribution >= 0.6 is 15.9 Å². The third-order valence-corrected chi connectivity index (χ3v) is 4.05. The molecule has 1 aliphatic carbocycles. The smallest absolute Gasteiger partial charge is 0.00723 e. The summed E-state index contributed by atoms with van der Waals surface area (Å²) < 4.78 is 0. The minimum absolute atomic E-state index is 0.934. The molecule has 1 heterocycles. The maximum Gasteiger partial charge on any atom is 0.00723 e. The molecule has 1 aliphatic heterocycles. The Balaban J connectivity index is 1.61. The highest BCUT2D eigenvalue weighted by Crippen LogP contribution is 2.33. The molecule has 0 aromatic heterocycles. The number of rotatable bonds is 4. The van der Waals surface area contributed by atoms with Crippen molar-refractivity contribution in [1.82, 2.24) is 4.90 Å². The van der Waals surface area contributed by atoms with Crippen LogP contribution in [0.25, 0.3) is 0 Å². The first kappa shape index (κ1) is 9.01. The highest BCUT2D eigenvalue weighted by Gasteiger charge is 2.25. The summed E-state index contributed by atoms with van der Waals surface area (Å²) in [7, 11) is 0. The van der Waals surface area contributed by atoms with E-state index in [-0.39, 0.29) is 0 Å². The minimum atomic E-state index is 0.934. The predicted octanol–water partition coefficient (Wildman–Crippen LogP) is 2.50. The summed E-state index contributed by atoms with van der Waals surface area (Å²) in [5.41, 5.74) is 0. The van der Waals surface area contributed by atoms with Gasteiger partial charge in [0.05, 0.1) is 0 Å². The fourth-order valence-corrected chi connectivity index (χ4v) is 2.54. The van der Waals surface area contributed by atoms with E-state index in [9.17, 15) is 0 Å². The molecule has 0 aromatic carbocycles. The normalized spacial score (nSPS) is 31.2. The van der Waals surface area contributed by atoms with Gasteiger partial charge in [-0.2, -0.15) is 0 Å². The van der Waals surface area contributed by atoms with Crippen LogP contribution in [-0.4, -0.2) is 29.9 Å². The van der Waals surface area contributed by atoms with Crippen LogP contribution < -0.4 is 0 Å². The second kappa shape index (κ2) is 4.10. The average Bonchev–Trinajstić information content (AvgIpc) is 2.81. The molecule has 1 atom stereocenters. The van der Waals surface area contributed by atoms with Gasteiger partial charge in [-0.05, 0) is 37.8 Å². The van der Waals surface area contributed by atoms with Gasteiger partial charge in [-0.1, -0.05) is 28.8 Å². The Morgan fingerprint density at radius 3 is 2.58 bits per heavy atom. The van der Waals surface area contributed by atoms with Crippen LogP contribution in [0, 0.1) is 11.8 Å². The van der Waals surface area contributed by atoms with Gasteiger partial charge in [0.15, 0.2) is 0 Å². The fraction of sp³-hybridized carbons (Fsp3) is 1.00. The van der Waals surface area contributed by atoms with Crippen molar-refractivity contribution in [2.75, 3.05) is 25.0 Å². The molecule has 1 saturated carbocycles. The molecule has 1 saturated heterocycles. The molecule has 0 bridgehead atoms. The molecule has 12 heavy (non-hydrogen) atoms. The predicted molar refractivity (Wildman–Crippen MR) is 55.7 cm³/mol. The first-order chi connectivity index (χ1) is 5.88. The van der Waals surface area contributed by atoms with Gasteiger partial charge in [0.1, 0.15) is 0 Å². The summed E-state index contributed by atoms with van der Waals surface area (Å²) in [6.07, 6.45) is 5.90. The molecule has 0 spiro atoms. The Bertz CT molecular complexity index is 145. The van der Waals surface area contributed by atoms with E-state index in [1.54, 1.807) is 0 Å². The number of likely N-dealkylation sites (tertiary alicyclic amines) is 1. The molecule has 1 unspecified atom stereocenters. The fourth-order valence-electron chi connectivity index (χ4n) is 2.01. The molecule has 1 nitrogen and oxygen atoms in total. The zero-order valence-electron chi connectivity index (χ0n) is 7.64. The molecule has 0 amide bonds. The molecule has 2 aliphatic rings. The van der Waals surface area contributed by atoms with E-state index < -0.39 is 0 Å². The number of nitrogens with zero attached hydrogens (tertiary/aromatic N) is 1. The van der Waals surface area contributed by atoms with Crippen molar-refractivity contribution in [2.24, 2.45) is 11.8 Å². The van der Waals surface area contributed by atoms with Crippen molar-refractivity contribution in [3.05, 3.63) is 0 Å². The minimum Gasteiger partial charge on any atom is -0.303 e. The Morgan fingerprint density at radius 2 is 2.00 bits per heavy atom. The van der Waals surface area contributed by atoms with Gasteiger partial charge in [0.2, 0.25) is 0 Å². The first-order valence-electron chi connectivity index (χ1n) is 5.17. The van der Waals surface area contributed by atoms with Gasteiger partial charge in [0, 0.05) is 11.9 Å². The topological polar surface area (TPSA) is 3.24 Å². The first-order valence-corrected chi connectivity index (χ1v) is 6.29. The van der Waals surface area contributed by atoms with Crippen molar-refractivity contribution in [3.8, 4) is 0 Å². The van der Waals surface area contributed by atoms with Crippen molar-refractivity contribution in [1.29, 1.82) is 0 Å². The largest absolute Gasteiger partial charge is 0.303 e. The standard InChI is InChI=1S/C10H18BrN/c11-7-10-4-6-12(8-10)5-3-9-1-2-9/h9-10H,1-8H2. The monoisotopic (exact) mass is 231 g/mol. The van der Waals surface area contributed by atoms with Crippen molar-refractivity contribution in [2.45, 2.75) is 25.7 Å². The van der Waals surface area contributed by atoms with Crippen LogP contribution in [-0.2, 0) is 0 Å². The van der Waals surface area contributed by atoms with Crippen LogP contribution in [0.5, 0.6) is 0 Å². The molecular weight excluding hydrogens is 214 g/mol. The molecule has 2 rings (SSSR count). The van der Waals surface area contributed by atoms with Gasteiger partial charge in [-0.25, -0.2) is 0 Å². The second-order valence-corrected chi connectivity index (χ2v) is 4.99. The lowest BCUT2D eigenvalue weighted by molar-refractivity contribution is 0.317. The summed E-state index contributed by atoms with van der Waals surface area (Å²) in [6, 6.07) is 0. The Kier molecular flexibility index (Phi) is 3.08. The number of alkyl halides is 1. The lowest BCUT2D eigenvalue weighted by atomic mass is 10.2. The lowest BCUT2D eigenvalue weighted by Gasteiger charge is -2.14. The lowest BCUT2D eigenvalue weighted by Crippen LogP contribution is -2.22. The summed E-state index contributed by atoms with van der Waals surface area (Å²) in [5.74, 6) is 2.04. The molecule has 2 heteroatoms. The maximum absolute atomic E-state index is 3.57. The van der Waals surface area contributed by atoms with E-state index >= 15 is 0 Å². The summed E-state index contributed by atoms with van der Waals surface area (Å²) in [4.78, 5) is 2.64. The average molecular weight is 232 g/mol. The molecule has 0 aromatic rings. The van der Waals surface area contributed by atoms with Crippen molar-refractivity contribution >= 4 is 15.9 Å². The third-order valence-electron chi connectivity index (χ3n) is 3.14. The maximum atomic E-state index is 3.57. The van der Waals surface area contributed by atoms with Gasteiger partial charge in [-0.3, -0.25) is 0 Å².